The molecule has 0 spiro atoms. The Kier molecular flexibility index (Phi) is 3.27. The molecule has 1 radical (unpaired) electrons. The smallest absolute Gasteiger partial charge is 0.416 e. The fraction of sp³-hybridized carbons (Fsp3) is 0.364. The van der Waals surface area contributed by atoms with Crippen molar-refractivity contribution in [3.05, 3.63) is 36.2 Å². The first-order valence-electron chi connectivity index (χ1n) is 4.44. The van der Waals surface area contributed by atoms with E-state index in [1.165, 1.54) is 7.11 Å². The summed E-state index contributed by atoms with van der Waals surface area (Å²) in [6.45, 7) is 5.42. The van der Waals surface area contributed by atoms with Gasteiger partial charge in [-0.2, -0.15) is 13.2 Å². The molecule has 0 saturated heterocycles. The van der Waals surface area contributed by atoms with Crippen molar-refractivity contribution in [1.29, 1.82) is 0 Å². The first-order chi connectivity index (χ1) is 6.84. The fourth-order valence-electron chi connectivity index (χ4n) is 1.19. The molecular weight excluding hydrogens is 205 g/mol. The summed E-state index contributed by atoms with van der Waals surface area (Å²) in [5, 5.41) is 0. The molecule has 0 fully saturated rings. The average molecular weight is 217 g/mol. The highest BCUT2D eigenvalue weighted by Crippen LogP contribution is 2.34. The van der Waals surface area contributed by atoms with Crippen LogP contribution in [0.4, 0.5) is 13.2 Å². The first-order valence-corrected chi connectivity index (χ1v) is 4.44. The molecule has 1 aromatic carbocycles. The van der Waals surface area contributed by atoms with Crippen LogP contribution in [0.15, 0.2) is 18.2 Å². The summed E-state index contributed by atoms with van der Waals surface area (Å²) in [6, 6.07) is 3.64. The van der Waals surface area contributed by atoms with E-state index in [0.717, 1.165) is 12.1 Å². The molecule has 1 aromatic rings. The van der Waals surface area contributed by atoms with Crippen LogP contribution >= 0.6 is 0 Å². The molecule has 0 saturated carbocycles. The van der Waals surface area contributed by atoms with Crippen LogP contribution in [0.2, 0.25) is 0 Å². The molecule has 0 bridgehead atoms. The maximum absolute atomic E-state index is 12.5. The highest BCUT2D eigenvalue weighted by Gasteiger charge is 2.31. The number of hydrogen-bond acceptors (Lipinski definition) is 1. The Hall–Kier alpha value is -1.19. The third kappa shape index (κ3) is 2.88. The molecule has 0 aromatic heterocycles. The lowest BCUT2D eigenvalue weighted by atomic mass is 10.00. The number of methoxy groups -OCH3 is 1. The maximum Gasteiger partial charge on any atom is 0.416 e. The second-order valence-electron chi connectivity index (χ2n) is 3.39. The van der Waals surface area contributed by atoms with Crippen molar-refractivity contribution in [1.82, 2.24) is 0 Å². The van der Waals surface area contributed by atoms with Gasteiger partial charge in [0.2, 0.25) is 0 Å². The van der Waals surface area contributed by atoms with E-state index >= 15 is 0 Å². The van der Waals surface area contributed by atoms with Crippen molar-refractivity contribution < 1.29 is 17.9 Å². The van der Waals surface area contributed by atoms with E-state index in [4.69, 9.17) is 4.74 Å². The molecule has 1 rings (SSSR count). The van der Waals surface area contributed by atoms with Gasteiger partial charge in [0.15, 0.2) is 0 Å². The van der Waals surface area contributed by atoms with Crippen molar-refractivity contribution in [3.8, 4) is 5.75 Å². The SMILES string of the molecule is [CH2]C(C)c1cc(OC)cc(C(F)(F)F)c1. The summed E-state index contributed by atoms with van der Waals surface area (Å²) in [5.74, 6) is -0.00322. The molecule has 0 amide bonds. The van der Waals surface area contributed by atoms with Crippen molar-refractivity contribution >= 4 is 0 Å². The molecule has 83 valence electrons. The number of benzene rings is 1. The maximum atomic E-state index is 12.5. The van der Waals surface area contributed by atoms with Gasteiger partial charge in [-0.05, 0) is 36.6 Å². The lowest BCUT2D eigenvalue weighted by molar-refractivity contribution is -0.137. The van der Waals surface area contributed by atoms with Gasteiger partial charge < -0.3 is 4.74 Å². The monoisotopic (exact) mass is 217 g/mol. The van der Waals surface area contributed by atoms with Crippen LogP contribution in [0.1, 0.15) is 24.0 Å². The minimum atomic E-state index is -4.35. The summed E-state index contributed by atoms with van der Waals surface area (Å²) in [5.41, 5.74) is -0.186. The molecule has 0 N–H and O–H groups in total. The van der Waals surface area contributed by atoms with Crippen LogP contribution in [0, 0.1) is 6.92 Å². The third-order valence-electron chi connectivity index (χ3n) is 2.06. The van der Waals surface area contributed by atoms with E-state index in [0.29, 0.717) is 5.56 Å². The molecule has 0 aliphatic heterocycles. The number of alkyl halides is 3. The first kappa shape index (κ1) is 11.9. The van der Waals surface area contributed by atoms with E-state index < -0.39 is 11.7 Å². The molecule has 0 aliphatic rings. The lowest BCUT2D eigenvalue weighted by Crippen LogP contribution is -2.06. The molecular formula is C11H12F3O. The van der Waals surface area contributed by atoms with Crippen LogP contribution in [-0.4, -0.2) is 7.11 Å². The normalized spacial score (nSPS) is 11.9. The molecule has 1 atom stereocenters. The summed E-state index contributed by atoms with van der Waals surface area (Å²) in [7, 11) is 1.34. The number of ether oxygens (including phenoxy) is 1. The zero-order chi connectivity index (χ0) is 11.6. The largest absolute Gasteiger partial charge is 0.497 e. The van der Waals surface area contributed by atoms with Crippen molar-refractivity contribution in [2.75, 3.05) is 7.11 Å². The topological polar surface area (TPSA) is 9.23 Å². The van der Waals surface area contributed by atoms with Crippen molar-refractivity contribution in [3.63, 3.8) is 0 Å². The standard InChI is InChI=1S/C11H12F3O/c1-7(2)8-4-9(11(12,13)14)6-10(5-8)15-3/h4-7H,1H2,2-3H3. The summed E-state index contributed by atoms with van der Waals surface area (Å²) in [4.78, 5) is 0. The molecule has 1 unspecified atom stereocenters. The van der Waals surface area contributed by atoms with Crippen LogP contribution < -0.4 is 4.74 Å². The van der Waals surface area contributed by atoms with E-state index in [1.807, 2.05) is 0 Å². The highest BCUT2D eigenvalue weighted by atomic mass is 19.4. The zero-order valence-electron chi connectivity index (χ0n) is 8.56. The Morgan fingerprint density at radius 3 is 2.27 bits per heavy atom. The van der Waals surface area contributed by atoms with Crippen LogP contribution in [0.25, 0.3) is 0 Å². The van der Waals surface area contributed by atoms with E-state index in [-0.39, 0.29) is 11.7 Å². The van der Waals surface area contributed by atoms with Crippen molar-refractivity contribution in [2.24, 2.45) is 0 Å². The zero-order valence-corrected chi connectivity index (χ0v) is 8.56. The second kappa shape index (κ2) is 4.13. The Morgan fingerprint density at radius 1 is 1.27 bits per heavy atom. The van der Waals surface area contributed by atoms with Gasteiger partial charge in [-0.1, -0.05) is 6.92 Å². The van der Waals surface area contributed by atoms with Gasteiger partial charge in [0, 0.05) is 0 Å². The molecule has 0 aliphatic carbocycles. The predicted molar refractivity (Wildman–Crippen MR) is 51.8 cm³/mol. The molecule has 0 heterocycles. The van der Waals surface area contributed by atoms with Gasteiger partial charge in [-0.25, -0.2) is 0 Å². The van der Waals surface area contributed by atoms with Gasteiger partial charge in [0.25, 0.3) is 0 Å². The minimum absolute atomic E-state index is 0.204. The Morgan fingerprint density at radius 2 is 1.87 bits per heavy atom. The number of halogens is 3. The summed E-state index contributed by atoms with van der Waals surface area (Å²) in [6.07, 6.45) is -4.35. The quantitative estimate of drug-likeness (QED) is 0.734. The second-order valence-corrected chi connectivity index (χ2v) is 3.39. The fourth-order valence-corrected chi connectivity index (χ4v) is 1.19. The minimum Gasteiger partial charge on any atom is -0.497 e. The summed E-state index contributed by atoms with van der Waals surface area (Å²) >= 11 is 0. The van der Waals surface area contributed by atoms with E-state index in [2.05, 4.69) is 6.92 Å². The van der Waals surface area contributed by atoms with Gasteiger partial charge in [0.05, 0.1) is 12.7 Å². The van der Waals surface area contributed by atoms with Gasteiger partial charge in [-0.3, -0.25) is 0 Å². The highest BCUT2D eigenvalue weighted by molar-refractivity contribution is 5.37. The third-order valence-corrected chi connectivity index (χ3v) is 2.06. The van der Waals surface area contributed by atoms with Crippen LogP contribution in [-0.2, 0) is 6.18 Å². The molecule has 1 nitrogen and oxygen atoms in total. The molecule has 4 heteroatoms. The average Bonchev–Trinajstić information content (AvgIpc) is 2.15. The van der Waals surface area contributed by atoms with Crippen LogP contribution in [0.3, 0.4) is 0 Å². The van der Waals surface area contributed by atoms with Gasteiger partial charge in [-0.15, -0.1) is 0 Å². The number of rotatable bonds is 2. The number of hydrogen-bond donors (Lipinski definition) is 0. The van der Waals surface area contributed by atoms with Gasteiger partial charge >= 0.3 is 6.18 Å². The lowest BCUT2D eigenvalue weighted by Gasteiger charge is -2.13. The predicted octanol–water partition coefficient (Wildman–Crippen LogP) is 3.65. The van der Waals surface area contributed by atoms with E-state index in [1.54, 1.807) is 13.0 Å². The van der Waals surface area contributed by atoms with E-state index in [9.17, 15) is 13.2 Å². The van der Waals surface area contributed by atoms with Crippen LogP contribution in [0.5, 0.6) is 5.75 Å². The Balaban J connectivity index is 3.23. The van der Waals surface area contributed by atoms with Gasteiger partial charge in [0.1, 0.15) is 5.75 Å². The van der Waals surface area contributed by atoms with Crippen molar-refractivity contribution in [2.45, 2.75) is 19.0 Å². The summed E-state index contributed by atoms with van der Waals surface area (Å²) < 4.78 is 42.2. The Labute approximate surface area is 86.9 Å². The molecule has 15 heavy (non-hydrogen) atoms. The Bertz CT molecular complexity index is 342.